The highest BCUT2D eigenvalue weighted by molar-refractivity contribution is 7.89. The summed E-state index contributed by atoms with van der Waals surface area (Å²) in [5.74, 6) is 0. The molecule has 1 aromatic heterocycles. The van der Waals surface area contributed by atoms with Crippen molar-refractivity contribution in [3.8, 4) is 0 Å². The number of β-amino-alcohol motifs (C(OH)–C–C–N with tert-alkyl or cyclic N) is 1. The molecule has 0 saturated carbocycles. The van der Waals surface area contributed by atoms with Crippen LogP contribution in [0.5, 0.6) is 0 Å². The van der Waals surface area contributed by atoms with Crippen LogP contribution in [0.25, 0.3) is 0 Å². The summed E-state index contributed by atoms with van der Waals surface area (Å²) in [5, 5.41) is 9.14. The third-order valence-corrected chi connectivity index (χ3v) is 5.68. The monoisotopic (exact) mass is 319 g/mol. The van der Waals surface area contributed by atoms with Crippen LogP contribution in [0.15, 0.2) is 23.4 Å². The molecule has 1 aliphatic rings. The number of hydrogen-bond donors (Lipinski definition) is 1. The van der Waals surface area contributed by atoms with Crippen LogP contribution in [0.3, 0.4) is 0 Å². The number of rotatable bonds is 4. The van der Waals surface area contributed by atoms with E-state index in [0.717, 1.165) is 13.0 Å². The van der Waals surface area contributed by atoms with Crippen LogP contribution in [0.1, 0.15) is 6.42 Å². The SMILES string of the molecule is O=S(=O)(c1cnccc1Cl)N1CCCN(CCO)CC1. The molecule has 0 atom stereocenters. The van der Waals surface area contributed by atoms with Gasteiger partial charge in [0.05, 0.1) is 11.6 Å². The summed E-state index contributed by atoms with van der Waals surface area (Å²) in [6, 6.07) is 1.48. The molecule has 1 saturated heterocycles. The van der Waals surface area contributed by atoms with Gasteiger partial charge in [0.15, 0.2) is 0 Å². The van der Waals surface area contributed by atoms with Crippen molar-refractivity contribution in [3.63, 3.8) is 0 Å². The van der Waals surface area contributed by atoms with E-state index in [2.05, 4.69) is 9.88 Å². The van der Waals surface area contributed by atoms with Gasteiger partial charge in [-0.1, -0.05) is 11.6 Å². The highest BCUT2D eigenvalue weighted by Crippen LogP contribution is 2.24. The van der Waals surface area contributed by atoms with Crippen molar-refractivity contribution in [1.29, 1.82) is 0 Å². The second kappa shape index (κ2) is 6.82. The van der Waals surface area contributed by atoms with Gasteiger partial charge >= 0.3 is 0 Å². The quantitative estimate of drug-likeness (QED) is 0.871. The van der Waals surface area contributed by atoms with E-state index < -0.39 is 10.0 Å². The number of pyridine rings is 1. The lowest BCUT2D eigenvalue weighted by molar-refractivity contribution is 0.202. The summed E-state index contributed by atoms with van der Waals surface area (Å²) < 4.78 is 26.6. The van der Waals surface area contributed by atoms with Crippen molar-refractivity contribution in [2.45, 2.75) is 11.3 Å². The molecule has 0 bridgehead atoms. The van der Waals surface area contributed by atoms with Gasteiger partial charge in [-0.05, 0) is 19.0 Å². The van der Waals surface area contributed by atoms with Gasteiger partial charge < -0.3 is 5.11 Å². The van der Waals surface area contributed by atoms with E-state index in [1.807, 2.05) is 0 Å². The van der Waals surface area contributed by atoms with Gasteiger partial charge in [-0.3, -0.25) is 9.88 Å². The first-order valence-corrected chi connectivity index (χ1v) is 8.30. The maximum atomic E-state index is 12.6. The lowest BCUT2D eigenvalue weighted by Gasteiger charge is -2.21. The standard InChI is InChI=1S/C12H18ClN3O3S/c13-11-2-3-14-10-12(11)20(18,19)16-5-1-4-15(6-7-16)8-9-17/h2-3,10,17H,1,4-9H2. The topological polar surface area (TPSA) is 73.7 Å². The third kappa shape index (κ3) is 3.48. The minimum atomic E-state index is -3.60. The molecule has 112 valence electrons. The highest BCUT2D eigenvalue weighted by Gasteiger charge is 2.28. The molecule has 1 aliphatic heterocycles. The van der Waals surface area contributed by atoms with Crippen molar-refractivity contribution >= 4 is 21.6 Å². The van der Waals surface area contributed by atoms with Crippen LogP contribution < -0.4 is 0 Å². The predicted octanol–water partition coefficient (Wildman–Crippen LogP) is 0.424. The number of nitrogens with zero attached hydrogens (tertiary/aromatic N) is 3. The highest BCUT2D eigenvalue weighted by atomic mass is 35.5. The first kappa shape index (κ1) is 15.7. The largest absolute Gasteiger partial charge is 0.395 e. The van der Waals surface area contributed by atoms with Gasteiger partial charge in [-0.25, -0.2) is 8.42 Å². The van der Waals surface area contributed by atoms with Crippen LogP contribution in [0.2, 0.25) is 5.02 Å². The molecule has 0 aliphatic carbocycles. The van der Waals surface area contributed by atoms with Crippen LogP contribution in [0.4, 0.5) is 0 Å². The minimum absolute atomic E-state index is 0.0530. The van der Waals surface area contributed by atoms with Crippen molar-refractivity contribution in [2.75, 3.05) is 39.3 Å². The summed E-state index contributed by atoms with van der Waals surface area (Å²) >= 11 is 5.96. The Bertz CT molecular complexity index is 553. The Kier molecular flexibility index (Phi) is 5.34. The molecule has 2 rings (SSSR count). The number of aromatic nitrogens is 1. The zero-order valence-electron chi connectivity index (χ0n) is 11.1. The second-order valence-corrected chi connectivity index (χ2v) is 6.94. The van der Waals surface area contributed by atoms with Crippen molar-refractivity contribution < 1.29 is 13.5 Å². The van der Waals surface area contributed by atoms with Crippen molar-refractivity contribution in [2.24, 2.45) is 0 Å². The molecule has 8 heteroatoms. The van der Waals surface area contributed by atoms with Crippen LogP contribution in [-0.4, -0.2) is 67.0 Å². The number of hydrogen-bond acceptors (Lipinski definition) is 5. The molecule has 0 unspecified atom stereocenters. The average Bonchev–Trinajstić information content (AvgIpc) is 2.65. The summed E-state index contributed by atoms with van der Waals surface area (Å²) in [4.78, 5) is 5.95. The van der Waals surface area contributed by atoms with E-state index in [4.69, 9.17) is 16.7 Å². The van der Waals surface area contributed by atoms with Gasteiger partial charge in [-0.15, -0.1) is 0 Å². The van der Waals surface area contributed by atoms with E-state index >= 15 is 0 Å². The third-order valence-electron chi connectivity index (χ3n) is 3.32. The van der Waals surface area contributed by atoms with Gasteiger partial charge in [0, 0.05) is 38.6 Å². The van der Waals surface area contributed by atoms with Gasteiger partial charge in [-0.2, -0.15) is 4.31 Å². The van der Waals surface area contributed by atoms with Crippen LogP contribution in [0, 0.1) is 0 Å². The molecule has 0 spiro atoms. The molecule has 6 nitrogen and oxygen atoms in total. The Labute approximate surface area is 124 Å². The predicted molar refractivity (Wildman–Crippen MR) is 76.1 cm³/mol. The Balaban J connectivity index is 2.16. The summed E-state index contributed by atoms with van der Waals surface area (Å²) in [5.41, 5.74) is 0. The van der Waals surface area contributed by atoms with Crippen molar-refractivity contribution in [3.05, 3.63) is 23.5 Å². The van der Waals surface area contributed by atoms with Gasteiger partial charge in [0.25, 0.3) is 0 Å². The molecule has 0 radical (unpaired) electrons. The Morgan fingerprint density at radius 2 is 2.10 bits per heavy atom. The first-order chi connectivity index (χ1) is 9.55. The molecule has 1 aromatic rings. The van der Waals surface area contributed by atoms with Gasteiger partial charge in [0.2, 0.25) is 10.0 Å². The van der Waals surface area contributed by atoms with E-state index in [0.29, 0.717) is 26.2 Å². The van der Waals surface area contributed by atoms with Crippen LogP contribution >= 0.6 is 11.6 Å². The maximum Gasteiger partial charge on any atom is 0.246 e. The van der Waals surface area contributed by atoms with E-state index in [9.17, 15) is 8.42 Å². The minimum Gasteiger partial charge on any atom is -0.395 e. The average molecular weight is 320 g/mol. The number of aliphatic hydroxyl groups is 1. The Hall–Kier alpha value is -0.730. The lowest BCUT2D eigenvalue weighted by atomic mass is 10.4. The fourth-order valence-corrected chi connectivity index (χ4v) is 4.12. The maximum absolute atomic E-state index is 12.6. The summed E-state index contributed by atoms with van der Waals surface area (Å²) in [7, 11) is -3.60. The summed E-state index contributed by atoms with van der Waals surface area (Å²) in [6.07, 6.45) is 3.48. The molecule has 1 N–H and O–H groups in total. The Morgan fingerprint density at radius 1 is 1.30 bits per heavy atom. The van der Waals surface area contributed by atoms with E-state index in [1.54, 1.807) is 0 Å². The second-order valence-electron chi connectivity index (χ2n) is 4.63. The van der Waals surface area contributed by atoms with Gasteiger partial charge in [0.1, 0.15) is 4.90 Å². The number of halogens is 1. The fourth-order valence-electron chi connectivity index (χ4n) is 2.24. The molecule has 2 heterocycles. The molecular weight excluding hydrogens is 302 g/mol. The summed E-state index contributed by atoms with van der Waals surface area (Å²) in [6.45, 7) is 2.90. The number of sulfonamides is 1. The molecule has 1 fully saturated rings. The zero-order valence-corrected chi connectivity index (χ0v) is 12.6. The molecule has 0 aromatic carbocycles. The fraction of sp³-hybridized carbons (Fsp3) is 0.583. The van der Waals surface area contributed by atoms with Crippen LogP contribution in [-0.2, 0) is 10.0 Å². The van der Waals surface area contributed by atoms with Crippen molar-refractivity contribution in [1.82, 2.24) is 14.2 Å². The molecule has 0 amide bonds. The normalized spacial score (nSPS) is 18.9. The first-order valence-electron chi connectivity index (χ1n) is 6.48. The van der Waals surface area contributed by atoms with E-state index in [1.165, 1.54) is 22.8 Å². The van der Waals surface area contributed by atoms with E-state index in [-0.39, 0.29) is 16.5 Å². The number of aliphatic hydroxyl groups excluding tert-OH is 1. The molecule has 20 heavy (non-hydrogen) atoms. The Morgan fingerprint density at radius 3 is 2.80 bits per heavy atom. The smallest absolute Gasteiger partial charge is 0.246 e. The zero-order chi connectivity index (χ0) is 14.6. The lowest BCUT2D eigenvalue weighted by Crippen LogP contribution is -2.36. The molecular formula is C12H18ClN3O3S.